The number of anilines is 1. The van der Waals surface area contributed by atoms with Crippen LogP contribution in [0.5, 0.6) is 0 Å². The van der Waals surface area contributed by atoms with Crippen LogP contribution in [0.4, 0.5) is 5.69 Å². The third-order valence-corrected chi connectivity index (χ3v) is 6.16. The molecule has 0 saturated heterocycles. The largest absolute Gasteiger partial charge is 0.463 e. The molecule has 1 aliphatic carbocycles. The summed E-state index contributed by atoms with van der Waals surface area (Å²) in [6, 6.07) is 22.5. The Balaban J connectivity index is 1.36. The van der Waals surface area contributed by atoms with Crippen LogP contribution in [-0.4, -0.2) is 30.7 Å². The zero-order chi connectivity index (χ0) is 25.0. The van der Waals surface area contributed by atoms with Crippen molar-refractivity contribution >= 4 is 17.6 Å². The molecule has 5 nitrogen and oxygen atoms in total. The van der Waals surface area contributed by atoms with Crippen LogP contribution in [0, 0.1) is 6.92 Å². The highest BCUT2D eigenvalue weighted by Crippen LogP contribution is 2.44. The van der Waals surface area contributed by atoms with Crippen LogP contribution in [0.2, 0.25) is 0 Å². The molecule has 0 atom stereocenters. The molecular weight excluding hydrogens is 438 g/mol. The predicted molar refractivity (Wildman–Crippen MR) is 139 cm³/mol. The highest BCUT2D eigenvalue weighted by atomic mass is 16.6. The van der Waals surface area contributed by atoms with E-state index in [-0.39, 0.29) is 30.8 Å². The van der Waals surface area contributed by atoms with Crippen molar-refractivity contribution in [2.45, 2.75) is 52.1 Å². The van der Waals surface area contributed by atoms with Crippen molar-refractivity contribution in [3.05, 3.63) is 89.0 Å². The third kappa shape index (κ3) is 5.91. The molecular formula is C30H33NO4. The van der Waals surface area contributed by atoms with E-state index >= 15 is 0 Å². The van der Waals surface area contributed by atoms with Crippen LogP contribution in [-0.2, 0) is 25.5 Å². The van der Waals surface area contributed by atoms with E-state index in [4.69, 9.17) is 9.47 Å². The molecule has 1 aliphatic rings. The lowest BCUT2D eigenvalue weighted by atomic mass is 9.98. The Kier molecular flexibility index (Phi) is 7.25. The summed E-state index contributed by atoms with van der Waals surface area (Å²) in [6.45, 7) is 7.92. The van der Waals surface area contributed by atoms with E-state index in [0.717, 1.165) is 16.8 Å². The van der Waals surface area contributed by atoms with Gasteiger partial charge in [-0.1, -0.05) is 66.7 Å². The van der Waals surface area contributed by atoms with E-state index in [1.165, 1.54) is 22.3 Å². The van der Waals surface area contributed by atoms with Gasteiger partial charge in [0.05, 0.1) is 0 Å². The van der Waals surface area contributed by atoms with Crippen LogP contribution < -0.4 is 5.32 Å². The number of aryl methyl sites for hydroxylation is 2. The van der Waals surface area contributed by atoms with Gasteiger partial charge in [-0.05, 0) is 67.5 Å². The molecule has 0 saturated carbocycles. The minimum absolute atomic E-state index is 0.0363. The fraction of sp³-hybridized carbons (Fsp3) is 0.333. The smallest absolute Gasteiger partial charge is 0.325 e. The maximum atomic E-state index is 12.7. The summed E-state index contributed by atoms with van der Waals surface area (Å²) in [5.74, 6) is -0.510. The summed E-state index contributed by atoms with van der Waals surface area (Å²) < 4.78 is 11.1. The molecule has 0 radical (unpaired) electrons. The van der Waals surface area contributed by atoms with Crippen molar-refractivity contribution in [1.82, 2.24) is 0 Å². The second-order valence-electron chi connectivity index (χ2n) is 9.96. The quantitative estimate of drug-likeness (QED) is 0.406. The summed E-state index contributed by atoms with van der Waals surface area (Å²) in [7, 11) is 0. The molecule has 0 spiro atoms. The molecule has 35 heavy (non-hydrogen) atoms. The van der Waals surface area contributed by atoms with Crippen LogP contribution in [0.1, 0.15) is 55.4 Å². The van der Waals surface area contributed by atoms with Gasteiger partial charge in [0.15, 0.2) is 0 Å². The number of hydrogen-bond acceptors (Lipinski definition) is 5. The summed E-state index contributed by atoms with van der Waals surface area (Å²) in [5, 5.41) is 3.24. The lowest BCUT2D eigenvalue weighted by molar-refractivity contribution is -0.154. The van der Waals surface area contributed by atoms with Gasteiger partial charge < -0.3 is 14.8 Å². The monoisotopic (exact) mass is 471 g/mol. The molecule has 0 heterocycles. The Labute approximate surface area is 207 Å². The topological polar surface area (TPSA) is 64.6 Å². The first-order valence-corrected chi connectivity index (χ1v) is 12.1. The van der Waals surface area contributed by atoms with E-state index < -0.39 is 5.60 Å². The lowest BCUT2D eigenvalue weighted by Crippen LogP contribution is -2.24. The van der Waals surface area contributed by atoms with Gasteiger partial charge in [-0.25, -0.2) is 0 Å². The zero-order valence-corrected chi connectivity index (χ0v) is 20.9. The molecule has 0 amide bonds. The standard InChI is InChI=1S/C30H33NO4/c1-20-10-9-11-21(16-17-27(32)35-30(2,3)4)29(20)31-18-28(33)34-19-26-24-14-7-5-12-22(24)23-13-6-8-15-25(23)26/h5-15,26,31H,16-19H2,1-4H3. The number of fused-ring (bicyclic) bond motifs is 3. The van der Waals surface area contributed by atoms with Crippen molar-refractivity contribution in [3.8, 4) is 11.1 Å². The fourth-order valence-electron chi connectivity index (χ4n) is 4.65. The Morgan fingerprint density at radius 2 is 1.49 bits per heavy atom. The molecule has 0 aliphatic heterocycles. The van der Waals surface area contributed by atoms with Crippen molar-refractivity contribution < 1.29 is 19.1 Å². The second kappa shape index (κ2) is 10.3. The molecule has 5 heteroatoms. The fourth-order valence-corrected chi connectivity index (χ4v) is 4.65. The highest BCUT2D eigenvalue weighted by Gasteiger charge is 2.29. The first-order valence-electron chi connectivity index (χ1n) is 12.1. The third-order valence-electron chi connectivity index (χ3n) is 6.16. The maximum absolute atomic E-state index is 12.7. The minimum Gasteiger partial charge on any atom is -0.463 e. The summed E-state index contributed by atoms with van der Waals surface area (Å²) >= 11 is 0. The van der Waals surface area contributed by atoms with Gasteiger partial charge >= 0.3 is 11.9 Å². The predicted octanol–water partition coefficient (Wildman–Crippen LogP) is 6.04. The summed E-state index contributed by atoms with van der Waals surface area (Å²) in [4.78, 5) is 24.8. The SMILES string of the molecule is Cc1cccc(CCC(=O)OC(C)(C)C)c1NCC(=O)OCC1c2ccccc2-c2ccccc21. The first-order chi connectivity index (χ1) is 16.7. The van der Waals surface area contributed by atoms with Crippen LogP contribution in [0.3, 0.4) is 0 Å². The number of ether oxygens (including phenoxy) is 2. The number of hydrogen-bond donors (Lipinski definition) is 1. The van der Waals surface area contributed by atoms with E-state index in [0.29, 0.717) is 13.0 Å². The van der Waals surface area contributed by atoms with Gasteiger partial charge in [0.2, 0.25) is 0 Å². The van der Waals surface area contributed by atoms with E-state index in [1.54, 1.807) is 0 Å². The molecule has 1 N–H and O–H groups in total. The molecule has 0 unspecified atom stereocenters. The van der Waals surface area contributed by atoms with E-state index in [9.17, 15) is 9.59 Å². The Hall–Kier alpha value is -3.60. The maximum Gasteiger partial charge on any atom is 0.325 e. The Morgan fingerprint density at radius 1 is 0.857 bits per heavy atom. The van der Waals surface area contributed by atoms with Crippen molar-refractivity contribution in [1.29, 1.82) is 0 Å². The lowest BCUT2D eigenvalue weighted by Gasteiger charge is -2.20. The number of rotatable bonds is 8. The van der Waals surface area contributed by atoms with Crippen molar-refractivity contribution in [2.75, 3.05) is 18.5 Å². The summed E-state index contributed by atoms with van der Waals surface area (Å²) in [6.07, 6.45) is 0.809. The number of carbonyl (C=O) groups excluding carboxylic acids is 2. The average Bonchev–Trinajstić information content (AvgIpc) is 3.13. The van der Waals surface area contributed by atoms with Gasteiger partial charge in [-0.2, -0.15) is 0 Å². The Bertz CT molecular complexity index is 1180. The molecule has 3 aromatic rings. The van der Waals surface area contributed by atoms with Gasteiger partial charge in [0.1, 0.15) is 18.8 Å². The van der Waals surface area contributed by atoms with Crippen LogP contribution >= 0.6 is 0 Å². The van der Waals surface area contributed by atoms with Crippen molar-refractivity contribution in [2.24, 2.45) is 0 Å². The molecule has 0 aromatic heterocycles. The molecule has 0 fully saturated rings. The van der Waals surface area contributed by atoms with Gasteiger partial charge in [0.25, 0.3) is 0 Å². The highest BCUT2D eigenvalue weighted by molar-refractivity contribution is 5.80. The number of benzene rings is 3. The second-order valence-corrected chi connectivity index (χ2v) is 9.96. The number of nitrogens with one attached hydrogen (secondary N) is 1. The number of carbonyl (C=O) groups is 2. The van der Waals surface area contributed by atoms with Gasteiger partial charge in [-0.15, -0.1) is 0 Å². The summed E-state index contributed by atoms with van der Waals surface area (Å²) in [5.41, 5.74) is 7.14. The van der Waals surface area contributed by atoms with Crippen LogP contribution in [0.25, 0.3) is 11.1 Å². The van der Waals surface area contributed by atoms with Gasteiger partial charge in [0, 0.05) is 18.0 Å². The zero-order valence-electron chi connectivity index (χ0n) is 20.9. The molecule has 3 aromatic carbocycles. The van der Waals surface area contributed by atoms with Gasteiger partial charge in [-0.3, -0.25) is 9.59 Å². The number of esters is 2. The molecule has 182 valence electrons. The number of para-hydroxylation sites is 1. The normalized spacial score (nSPS) is 12.6. The van der Waals surface area contributed by atoms with E-state index in [1.807, 2.05) is 70.2 Å². The Morgan fingerprint density at radius 3 is 2.11 bits per heavy atom. The average molecular weight is 472 g/mol. The first kappa shape index (κ1) is 24.5. The van der Waals surface area contributed by atoms with Crippen molar-refractivity contribution in [3.63, 3.8) is 0 Å². The minimum atomic E-state index is -0.505. The van der Waals surface area contributed by atoms with Crippen LogP contribution in [0.15, 0.2) is 66.7 Å². The molecule has 0 bridgehead atoms. The molecule has 4 rings (SSSR count). The van der Waals surface area contributed by atoms with E-state index in [2.05, 4.69) is 29.6 Å².